The quantitative estimate of drug-likeness (QED) is 0.545. The molecule has 2 aliphatic heterocycles. The van der Waals surface area contributed by atoms with E-state index < -0.39 is 0 Å². The monoisotopic (exact) mass is 200 g/mol. The zero-order valence-corrected chi connectivity index (χ0v) is 8.24. The zero-order valence-electron chi connectivity index (χ0n) is 8.24. The summed E-state index contributed by atoms with van der Waals surface area (Å²) in [6.07, 6.45) is 4.26. The average Bonchev–Trinajstić information content (AvgIpc) is 2.99. The molecule has 0 bridgehead atoms. The molecule has 1 aliphatic carbocycles. The predicted molar refractivity (Wildman–Crippen MR) is 48.9 cm³/mol. The maximum Gasteiger partial charge on any atom is 0.146 e. The summed E-state index contributed by atoms with van der Waals surface area (Å²) in [5, 5.41) is 0. The van der Waals surface area contributed by atoms with Crippen LogP contribution in [0.5, 0.6) is 0 Å². The molecule has 2 heterocycles. The molecular weight excluding hydrogens is 184 g/mol. The Kier molecular flexibility index (Phi) is 3.50. The summed E-state index contributed by atoms with van der Waals surface area (Å²) in [6, 6.07) is 0. The van der Waals surface area contributed by atoms with Gasteiger partial charge in [-0.2, -0.15) is 0 Å². The van der Waals surface area contributed by atoms with Gasteiger partial charge in [0.15, 0.2) is 0 Å². The van der Waals surface area contributed by atoms with Crippen molar-refractivity contribution in [3.63, 3.8) is 0 Å². The van der Waals surface area contributed by atoms with E-state index in [0.29, 0.717) is 31.2 Å². The van der Waals surface area contributed by atoms with E-state index in [-0.39, 0.29) is 0 Å². The van der Waals surface area contributed by atoms with Crippen LogP contribution in [0.1, 0.15) is 25.7 Å². The SMILES string of the molecule is C1COCOC1.O=C1CCC2OC2C1. The summed E-state index contributed by atoms with van der Waals surface area (Å²) < 4.78 is 14.8. The van der Waals surface area contributed by atoms with Gasteiger partial charge in [-0.25, -0.2) is 0 Å². The van der Waals surface area contributed by atoms with Gasteiger partial charge in [0.1, 0.15) is 12.6 Å². The Bertz CT molecular complexity index is 189. The van der Waals surface area contributed by atoms with Gasteiger partial charge in [0.2, 0.25) is 0 Å². The summed E-state index contributed by atoms with van der Waals surface area (Å²) in [5.41, 5.74) is 0. The first-order valence-corrected chi connectivity index (χ1v) is 5.19. The van der Waals surface area contributed by atoms with Crippen molar-refractivity contribution in [2.75, 3.05) is 20.0 Å². The number of hydrogen-bond acceptors (Lipinski definition) is 4. The molecule has 3 rings (SSSR count). The predicted octanol–water partition coefficient (Wildman–Crippen LogP) is 0.888. The molecule has 3 aliphatic rings. The molecule has 2 atom stereocenters. The lowest BCUT2D eigenvalue weighted by Gasteiger charge is -2.09. The highest BCUT2D eigenvalue weighted by Gasteiger charge is 2.43. The van der Waals surface area contributed by atoms with Crippen LogP contribution in [0.4, 0.5) is 0 Å². The maximum absolute atomic E-state index is 10.6. The number of rotatable bonds is 0. The molecule has 4 nitrogen and oxygen atoms in total. The van der Waals surface area contributed by atoms with E-state index in [9.17, 15) is 4.79 Å². The third kappa shape index (κ3) is 3.04. The molecule has 2 saturated heterocycles. The first kappa shape index (κ1) is 10.1. The van der Waals surface area contributed by atoms with E-state index in [1.165, 1.54) is 0 Å². The molecule has 0 radical (unpaired) electrons. The minimum atomic E-state index is 0.330. The van der Waals surface area contributed by atoms with E-state index in [1.807, 2.05) is 0 Å². The van der Waals surface area contributed by atoms with Gasteiger partial charge in [-0.3, -0.25) is 4.79 Å². The largest absolute Gasteiger partial charge is 0.369 e. The van der Waals surface area contributed by atoms with Crippen molar-refractivity contribution >= 4 is 5.78 Å². The van der Waals surface area contributed by atoms with Crippen molar-refractivity contribution in [2.45, 2.75) is 37.9 Å². The number of epoxide rings is 1. The Hall–Kier alpha value is -0.450. The van der Waals surface area contributed by atoms with Crippen LogP contribution in [0, 0.1) is 0 Å². The second-order valence-corrected chi connectivity index (χ2v) is 3.78. The Balaban J connectivity index is 0.000000112. The minimum absolute atomic E-state index is 0.330. The summed E-state index contributed by atoms with van der Waals surface area (Å²) in [6.45, 7) is 2.25. The molecule has 14 heavy (non-hydrogen) atoms. The molecule has 4 heteroatoms. The molecular formula is C10H16O4. The van der Waals surface area contributed by atoms with Gasteiger partial charge in [-0.1, -0.05) is 0 Å². The van der Waals surface area contributed by atoms with E-state index >= 15 is 0 Å². The number of carbonyl (C=O) groups is 1. The summed E-state index contributed by atoms with van der Waals surface area (Å²) >= 11 is 0. The van der Waals surface area contributed by atoms with E-state index in [0.717, 1.165) is 32.5 Å². The molecule has 0 aromatic carbocycles. The van der Waals surface area contributed by atoms with E-state index in [1.54, 1.807) is 0 Å². The molecule has 0 aromatic heterocycles. The third-order valence-corrected chi connectivity index (χ3v) is 2.57. The lowest BCUT2D eigenvalue weighted by Crippen LogP contribution is -2.11. The van der Waals surface area contributed by atoms with E-state index in [2.05, 4.69) is 0 Å². The number of ketones is 1. The third-order valence-electron chi connectivity index (χ3n) is 2.57. The Morgan fingerprint density at radius 2 is 1.93 bits per heavy atom. The average molecular weight is 200 g/mol. The van der Waals surface area contributed by atoms with Crippen molar-refractivity contribution in [3.8, 4) is 0 Å². The van der Waals surface area contributed by atoms with Crippen LogP contribution in [0.3, 0.4) is 0 Å². The first-order chi connectivity index (χ1) is 6.86. The molecule has 2 unspecified atom stereocenters. The van der Waals surface area contributed by atoms with Crippen LogP contribution in [0.25, 0.3) is 0 Å². The smallest absolute Gasteiger partial charge is 0.146 e. The van der Waals surface area contributed by atoms with Crippen LogP contribution in [0.15, 0.2) is 0 Å². The molecule has 0 amide bonds. The second-order valence-electron chi connectivity index (χ2n) is 3.78. The van der Waals surface area contributed by atoms with Gasteiger partial charge in [-0.05, 0) is 12.8 Å². The first-order valence-electron chi connectivity index (χ1n) is 5.19. The van der Waals surface area contributed by atoms with E-state index in [4.69, 9.17) is 14.2 Å². The fraction of sp³-hybridized carbons (Fsp3) is 0.900. The van der Waals surface area contributed by atoms with Crippen molar-refractivity contribution in [1.29, 1.82) is 0 Å². The van der Waals surface area contributed by atoms with Gasteiger partial charge in [0, 0.05) is 12.8 Å². The maximum atomic E-state index is 10.6. The Morgan fingerprint density at radius 3 is 2.36 bits per heavy atom. The number of ether oxygens (including phenoxy) is 3. The molecule has 3 fully saturated rings. The standard InChI is InChI=1S/C6H8O2.C4H8O2/c7-4-1-2-5-6(3-4)8-5;1-2-5-4-6-3-1/h5-6H,1-3H2;1-4H2. The topological polar surface area (TPSA) is 48.1 Å². The van der Waals surface area contributed by atoms with Crippen LogP contribution in [0.2, 0.25) is 0 Å². The fourth-order valence-electron chi connectivity index (χ4n) is 1.68. The lowest BCUT2D eigenvalue weighted by molar-refractivity contribution is -0.119. The highest BCUT2D eigenvalue weighted by Crippen LogP contribution is 2.34. The summed E-state index contributed by atoms with van der Waals surface area (Å²) in [4.78, 5) is 10.6. The van der Waals surface area contributed by atoms with Crippen LogP contribution in [-0.2, 0) is 19.0 Å². The van der Waals surface area contributed by atoms with Crippen LogP contribution in [-0.4, -0.2) is 38.0 Å². The Morgan fingerprint density at radius 1 is 1.14 bits per heavy atom. The van der Waals surface area contributed by atoms with Gasteiger partial charge >= 0.3 is 0 Å². The molecule has 0 N–H and O–H groups in total. The van der Waals surface area contributed by atoms with Gasteiger partial charge < -0.3 is 14.2 Å². The van der Waals surface area contributed by atoms with Gasteiger partial charge in [-0.15, -0.1) is 0 Å². The highest BCUT2D eigenvalue weighted by atomic mass is 16.7. The normalized spacial score (nSPS) is 35.3. The molecule has 0 spiro atoms. The number of Topliss-reactive ketones (excluding diaryl/α,β-unsaturated/α-hetero) is 1. The lowest BCUT2D eigenvalue weighted by atomic mass is 10.00. The highest BCUT2D eigenvalue weighted by molar-refractivity contribution is 5.80. The second kappa shape index (κ2) is 4.87. The fourth-order valence-corrected chi connectivity index (χ4v) is 1.68. The molecule has 1 saturated carbocycles. The van der Waals surface area contributed by atoms with Gasteiger partial charge in [0.25, 0.3) is 0 Å². The van der Waals surface area contributed by atoms with Crippen LogP contribution < -0.4 is 0 Å². The van der Waals surface area contributed by atoms with Crippen molar-refractivity contribution < 1.29 is 19.0 Å². The minimum Gasteiger partial charge on any atom is -0.369 e. The van der Waals surface area contributed by atoms with Crippen molar-refractivity contribution in [2.24, 2.45) is 0 Å². The molecule has 80 valence electrons. The van der Waals surface area contributed by atoms with Crippen molar-refractivity contribution in [1.82, 2.24) is 0 Å². The number of fused-ring (bicyclic) bond motifs is 1. The Labute approximate surface area is 83.5 Å². The summed E-state index contributed by atoms with van der Waals surface area (Å²) in [5.74, 6) is 0.378. The number of hydrogen-bond donors (Lipinski definition) is 0. The molecule has 0 aromatic rings. The van der Waals surface area contributed by atoms with Gasteiger partial charge in [0.05, 0.1) is 25.4 Å². The van der Waals surface area contributed by atoms with Crippen molar-refractivity contribution in [3.05, 3.63) is 0 Å². The zero-order chi connectivity index (χ0) is 9.80. The number of carbonyl (C=O) groups excluding carboxylic acids is 1. The summed E-state index contributed by atoms with van der Waals surface area (Å²) in [7, 11) is 0. The van der Waals surface area contributed by atoms with Crippen LogP contribution >= 0.6 is 0 Å².